The molecule has 0 saturated carbocycles. The van der Waals surface area contributed by atoms with Gasteiger partial charge in [-0.05, 0) is 42.5 Å². The average molecular weight is 270 g/mol. The molecule has 0 aliphatic rings. The minimum Gasteiger partial charge on any atom is -0.497 e. The topological polar surface area (TPSA) is 46.5 Å². The molecule has 0 fully saturated rings. The third kappa shape index (κ3) is 3.15. The minimum atomic E-state index is -1.29. The minimum absolute atomic E-state index is 0.361. The zero-order valence-electron chi connectivity index (χ0n) is 10.7. The summed E-state index contributed by atoms with van der Waals surface area (Å²) < 4.78 is 18.5. The lowest BCUT2D eigenvalue weighted by molar-refractivity contribution is 0.0692. The number of benzene rings is 2. The molecule has 1 N–H and O–H groups in total. The highest BCUT2D eigenvalue weighted by atomic mass is 19.1. The first kappa shape index (κ1) is 13.6. The first-order valence-electron chi connectivity index (χ1n) is 5.79. The van der Waals surface area contributed by atoms with Crippen molar-refractivity contribution in [2.75, 3.05) is 7.11 Å². The fourth-order valence-electron chi connectivity index (χ4n) is 1.58. The van der Waals surface area contributed by atoms with E-state index in [1.165, 1.54) is 12.1 Å². The van der Waals surface area contributed by atoms with Crippen molar-refractivity contribution in [3.63, 3.8) is 0 Å². The first-order valence-corrected chi connectivity index (χ1v) is 5.79. The van der Waals surface area contributed by atoms with Gasteiger partial charge in [-0.25, -0.2) is 9.18 Å². The van der Waals surface area contributed by atoms with Crippen LogP contribution in [0.15, 0.2) is 42.5 Å². The van der Waals surface area contributed by atoms with Crippen LogP contribution in [-0.4, -0.2) is 18.2 Å². The molecule has 0 atom stereocenters. The Kier molecular flexibility index (Phi) is 4.02. The van der Waals surface area contributed by atoms with E-state index in [4.69, 9.17) is 9.84 Å². The van der Waals surface area contributed by atoms with E-state index >= 15 is 0 Å². The zero-order chi connectivity index (χ0) is 14.5. The van der Waals surface area contributed by atoms with Gasteiger partial charge >= 0.3 is 5.97 Å². The van der Waals surface area contributed by atoms with Gasteiger partial charge in [-0.15, -0.1) is 0 Å². The number of rotatable bonds is 2. The Morgan fingerprint density at radius 2 is 1.70 bits per heavy atom. The Labute approximate surface area is 115 Å². The Hall–Kier alpha value is -2.80. The maximum Gasteiger partial charge on any atom is 0.338 e. The predicted molar refractivity (Wildman–Crippen MR) is 72.3 cm³/mol. The molecule has 3 nitrogen and oxygen atoms in total. The Bertz CT molecular complexity index is 694. The summed E-state index contributed by atoms with van der Waals surface area (Å²) in [5.41, 5.74) is 0.817. The Balaban J connectivity index is 2.24. The van der Waals surface area contributed by atoms with Crippen molar-refractivity contribution in [1.82, 2.24) is 0 Å². The summed E-state index contributed by atoms with van der Waals surface area (Å²) in [6, 6.07) is 10.9. The monoisotopic (exact) mass is 270 g/mol. The van der Waals surface area contributed by atoms with E-state index in [0.29, 0.717) is 5.56 Å². The number of aromatic carboxylic acids is 1. The summed E-state index contributed by atoms with van der Waals surface area (Å²) in [6.45, 7) is 0. The van der Waals surface area contributed by atoms with Crippen LogP contribution in [-0.2, 0) is 0 Å². The highest BCUT2D eigenvalue weighted by Gasteiger charge is 2.09. The molecule has 100 valence electrons. The van der Waals surface area contributed by atoms with Crippen molar-refractivity contribution in [3.8, 4) is 17.6 Å². The maximum atomic E-state index is 13.5. The second-order valence-electron chi connectivity index (χ2n) is 3.98. The third-order valence-corrected chi connectivity index (χ3v) is 2.64. The molecule has 2 aromatic carbocycles. The maximum absolute atomic E-state index is 13.5. The highest BCUT2D eigenvalue weighted by Crippen LogP contribution is 2.12. The fourth-order valence-corrected chi connectivity index (χ4v) is 1.58. The largest absolute Gasteiger partial charge is 0.497 e. The van der Waals surface area contributed by atoms with Gasteiger partial charge in [0.1, 0.15) is 11.6 Å². The van der Waals surface area contributed by atoms with Gasteiger partial charge in [0.2, 0.25) is 0 Å². The van der Waals surface area contributed by atoms with Gasteiger partial charge in [-0.2, -0.15) is 0 Å². The summed E-state index contributed by atoms with van der Waals surface area (Å²) in [4.78, 5) is 10.7. The van der Waals surface area contributed by atoms with Crippen LogP contribution >= 0.6 is 0 Å². The van der Waals surface area contributed by atoms with Gasteiger partial charge < -0.3 is 9.84 Å². The summed E-state index contributed by atoms with van der Waals surface area (Å²) in [5, 5.41) is 8.73. The summed E-state index contributed by atoms with van der Waals surface area (Å²) >= 11 is 0. The van der Waals surface area contributed by atoms with Crippen LogP contribution in [0.25, 0.3) is 0 Å². The number of methoxy groups -OCH3 is 1. The zero-order valence-corrected chi connectivity index (χ0v) is 10.7. The van der Waals surface area contributed by atoms with Crippen molar-refractivity contribution in [2.24, 2.45) is 0 Å². The molecular weight excluding hydrogens is 259 g/mol. The molecule has 2 rings (SSSR count). The summed E-state index contributed by atoms with van der Waals surface area (Å²) in [5.74, 6) is 4.29. The third-order valence-electron chi connectivity index (χ3n) is 2.64. The van der Waals surface area contributed by atoms with Crippen molar-refractivity contribution in [2.45, 2.75) is 0 Å². The molecule has 0 saturated heterocycles. The van der Waals surface area contributed by atoms with Crippen molar-refractivity contribution in [3.05, 3.63) is 65.0 Å². The highest BCUT2D eigenvalue weighted by molar-refractivity contribution is 5.88. The average Bonchev–Trinajstić information content (AvgIpc) is 2.45. The van der Waals surface area contributed by atoms with Gasteiger partial charge in [0.05, 0.1) is 12.7 Å². The molecule has 20 heavy (non-hydrogen) atoms. The second-order valence-corrected chi connectivity index (χ2v) is 3.98. The summed E-state index contributed by atoms with van der Waals surface area (Å²) in [6.07, 6.45) is 0. The van der Waals surface area contributed by atoms with Gasteiger partial charge in [0.15, 0.2) is 0 Å². The molecule has 0 unspecified atom stereocenters. The fraction of sp³-hybridized carbons (Fsp3) is 0.0625. The molecule has 0 aliphatic carbocycles. The van der Waals surface area contributed by atoms with Crippen LogP contribution < -0.4 is 4.74 Å². The Morgan fingerprint density at radius 1 is 1.10 bits per heavy atom. The standard InChI is InChI=1S/C16H11FO3/c1-20-13-7-4-11(5-8-13)2-3-12-6-9-14(16(18)19)15(17)10-12/h4-10H,1H3,(H,18,19). The van der Waals surface area contributed by atoms with Gasteiger partial charge in [0, 0.05) is 11.1 Å². The SMILES string of the molecule is COc1ccc(C#Cc2ccc(C(=O)O)c(F)c2)cc1. The number of ether oxygens (including phenoxy) is 1. The van der Waals surface area contributed by atoms with Crippen LogP contribution in [0.4, 0.5) is 4.39 Å². The first-order chi connectivity index (χ1) is 9.60. The van der Waals surface area contributed by atoms with Gasteiger partial charge in [-0.1, -0.05) is 11.8 Å². The smallest absolute Gasteiger partial charge is 0.338 e. The number of hydrogen-bond donors (Lipinski definition) is 1. The van der Waals surface area contributed by atoms with Gasteiger partial charge in [0.25, 0.3) is 0 Å². The van der Waals surface area contributed by atoms with E-state index in [2.05, 4.69) is 11.8 Å². The van der Waals surface area contributed by atoms with Crippen LogP contribution in [0.5, 0.6) is 5.75 Å². The van der Waals surface area contributed by atoms with E-state index in [0.717, 1.165) is 17.4 Å². The number of carbonyl (C=O) groups is 1. The van der Waals surface area contributed by atoms with E-state index < -0.39 is 11.8 Å². The lowest BCUT2D eigenvalue weighted by atomic mass is 10.1. The molecule has 0 aromatic heterocycles. The predicted octanol–water partition coefficient (Wildman–Crippen LogP) is 2.93. The van der Waals surface area contributed by atoms with Gasteiger partial charge in [-0.3, -0.25) is 0 Å². The summed E-state index contributed by atoms with van der Waals surface area (Å²) in [7, 11) is 1.58. The van der Waals surface area contributed by atoms with Crippen molar-refractivity contribution >= 4 is 5.97 Å². The Morgan fingerprint density at radius 3 is 2.25 bits per heavy atom. The van der Waals surface area contributed by atoms with Crippen LogP contribution in [0.3, 0.4) is 0 Å². The molecule has 0 bridgehead atoms. The van der Waals surface area contributed by atoms with Crippen LogP contribution in [0, 0.1) is 17.7 Å². The number of carboxylic acid groups (broad SMARTS) is 1. The molecule has 0 radical (unpaired) electrons. The molecular formula is C16H11FO3. The van der Waals surface area contributed by atoms with Crippen molar-refractivity contribution in [1.29, 1.82) is 0 Å². The van der Waals surface area contributed by atoms with Crippen molar-refractivity contribution < 1.29 is 19.0 Å². The number of hydrogen-bond acceptors (Lipinski definition) is 2. The van der Waals surface area contributed by atoms with E-state index in [1.807, 2.05) is 0 Å². The van der Waals surface area contributed by atoms with E-state index in [-0.39, 0.29) is 5.56 Å². The second kappa shape index (κ2) is 5.89. The molecule has 0 amide bonds. The number of carboxylic acids is 1. The number of halogens is 1. The molecule has 0 aliphatic heterocycles. The van der Waals surface area contributed by atoms with Crippen LogP contribution in [0.2, 0.25) is 0 Å². The molecule has 0 spiro atoms. The normalized spacial score (nSPS) is 9.50. The molecule has 4 heteroatoms. The lowest BCUT2D eigenvalue weighted by Crippen LogP contribution is -2.00. The lowest BCUT2D eigenvalue weighted by Gasteiger charge is -1.98. The van der Waals surface area contributed by atoms with E-state index in [1.54, 1.807) is 31.4 Å². The van der Waals surface area contributed by atoms with Crippen LogP contribution in [0.1, 0.15) is 21.5 Å². The van der Waals surface area contributed by atoms with E-state index in [9.17, 15) is 9.18 Å². The quantitative estimate of drug-likeness (QED) is 0.853. The molecule has 0 heterocycles. The molecule has 2 aromatic rings.